The average Bonchev–Trinajstić information content (AvgIpc) is 3.15. The minimum Gasteiger partial charge on any atom is -0.329 e. The summed E-state index contributed by atoms with van der Waals surface area (Å²) in [4.78, 5) is 2.22. The van der Waals surface area contributed by atoms with Crippen LogP contribution in [0.3, 0.4) is 0 Å². The van der Waals surface area contributed by atoms with E-state index in [9.17, 15) is 4.39 Å². The van der Waals surface area contributed by atoms with Gasteiger partial charge in [-0.25, -0.2) is 4.39 Å². The molecule has 0 aromatic heterocycles. The normalized spacial score (nSPS) is 19.4. The van der Waals surface area contributed by atoms with E-state index in [2.05, 4.69) is 11.8 Å². The van der Waals surface area contributed by atoms with Gasteiger partial charge in [-0.1, -0.05) is 18.2 Å². The molecule has 0 heterocycles. The van der Waals surface area contributed by atoms with Crippen LogP contribution in [0.2, 0.25) is 0 Å². The first-order chi connectivity index (χ1) is 8.15. The SMILES string of the molecule is CC(C1CC1)N(C)C(CN)c1ccccc1F. The minimum absolute atomic E-state index is 0.0215. The van der Waals surface area contributed by atoms with Crippen LogP contribution in [0, 0.1) is 11.7 Å². The fourth-order valence-corrected chi connectivity index (χ4v) is 2.45. The van der Waals surface area contributed by atoms with Crippen LogP contribution >= 0.6 is 0 Å². The predicted octanol–water partition coefficient (Wildman–Crippen LogP) is 2.56. The van der Waals surface area contributed by atoms with E-state index >= 15 is 0 Å². The lowest BCUT2D eigenvalue weighted by Gasteiger charge is -2.33. The van der Waals surface area contributed by atoms with Crippen LogP contribution in [0.4, 0.5) is 4.39 Å². The van der Waals surface area contributed by atoms with E-state index in [0.29, 0.717) is 18.2 Å². The Balaban J connectivity index is 2.17. The summed E-state index contributed by atoms with van der Waals surface area (Å²) in [5.74, 6) is 0.610. The summed E-state index contributed by atoms with van der Waals surface area (Å²) in [5.41, 5.74) is 6.54. The highest BCUT2D eigenvalue weighted by molar-refractivity contribution is 5.22. The molecule has 1 saturated carbocycles. The summed E-state index contributed by atoms with van der Waals surface area (Å²) >= 11 is 0. The van der Waals surface area contributed by atoms with Gasteiger partial charge in [0, 0.05) is 24.2 Å². The zero-order chi connectivity index (χ0) is 12.4. The molecule has 2 rings (SSSR count). The van der Waals surface area contributed by atoms with Gasteiger partial charge in [-0.05, 0) is 38.8 Å². The number of benzene rings is 1. The number of likely N-dealkylation sites (N-methyl/N-ethyl adjacent to an activating group) is 1. The van der Waals surface area contributed by atoms with Crippen molar-refractivity contribution in [2.75, 3.05) is 13.6 Å². The topological polar surface area (TPSA) is 29.3 Å². The highest BCUT2D eigenvalue weighted by Gasteiger charge is 2.33. The van der Waals surface area contributed by atoms with Crippen molar-refractivity contribution in [1.82, 2.24) is 4.90 Å². The predicted molar refractivity (Wildman–Crippen MR) is 68.1 cm³/mol. The van der Waals surface area contributed by atoms with Crippen molar-refractivity contribution in [3.8, 4) is 0 Å². The summed E-state index contributed by atoms with van der Waals surface area (Å²) in [6.45, 7) is 2.66. The van der Waals surface area contributed by atoms with Gasteiger partial charge in [-0.3, -0.25) is 4.90 Å². The standard InChI is InChI=1S/C14H21FN2/c1-10(11-7-8-11)17(2)14(9-16)12-5-3-4-6-13(12)15/h3-6,10-11,14H,7-9,16H2,1-2H3. The molecule has 1 aliphatic rings. The van der Waals surface area contributed by atoms with Gasteiger partial charge < -0.3 is 5.73 Å². The van der Waals surface area contributed by atoms with Crippen LogP contribution in [0.25, 0.3) is 0 Å². The van der Waals surface area contributed by atoms with Gasteiger partial charge in [0.05, 0.1) is 0 Å². The fraction of sp³-hybridized carbons (Fsp3) is 0.571. The first-order valence-corrected chi connectivity index (χ1v) is 6.31. The van der Waals surface area contributed by atoms with Crippen molar-refractivity contribution >= 4 is 0 Å². The third-order valence-electron chi connectivity index (χ3n) is 3.93. The Bertz CT molecular complexity index is 376. The van der Waals surface area contributed by atoms with E-state index in [-0.39, 0.29) is 11.9 Å². The molecule has 17 heavy (non-hydrogen) atoms. The van der Waals surface area contributed by atoms with Crippen molar-refractivity contribution in [1.29, 1.82) is 0 Å². The molecule has 2 atom stereocenters. The molecule has 2 unspecified atom stereocenters. The second kappa shape index (κ2) is 5.15. The van der Waals surface area contributed by atoms with Crippen molar-refractivity contribution in [3.05, 3.63) is 35.6 Å². The van der Waals surface area contributed by atoms with Crippen LogP contribution in [0.15, 0.2) is 24.3 Å². The van der Waals surface area contributed by atoms with Crippen LogP contribution < -0.4 is 5.73 Å². The maximum absolute atomic E-state index is 13.8. The van der Waals surface area contributed by atoms with Gasteiger partial charge in [0.1, 0.15) is 5.82 Å². The average molecular weight is 236 g/mol. The molecule has 2 nitrogen and oxygen atoms in total. The number of nitrogens with zero attached hydrogens (tertiary/aromatic N) is 1. The van der Waals surface area contributed by atoms with Gasteiger partial charge in [-0.2, -0.15) is 0 Å². The van der Waals surface area contributed by atoms with E-state index < -0.39 is 0 Å². The molecule has 0 bridgehead atoms. The Morgan fingerprint density at radius 3 is 2.59 bits per heavy atom. The molecule has 0 radical (unpaired) electrons. The first kappa shape index (κ1) is 12.5. The summed E-state index contributed by atoms with van der Waals surface area (Å²) in [6, 6.07) is 7.39. The quantitative estimate of drug-likeness (QED) is 0.851. The van der Waals surface area contributed by atoms with Crippen LogP contribution in [-0.4, -0.2) is 24.5 Å². The molecular formula is C14H21FN2. The minimum atomic E-state index is -0.155. The maximum atomic E-state index is 13.8. The highest BCUT2D eigenvalue weighted by Crippen LogP contribution is 2.37. The molecule has 0 spiro atoms. The lowest BCUT2D eigenvalue weighted by molar-refractivity contribution is 0.168. The second-order valence-electron chi connectivity index (χ2n) is 5.02. The molecule has 94 valence electrons. The third-order valence-corrected chi connectivity index (χ3v) is 3.93. The molecule has 0 saturated heterocycles. The van der Waals surface area contributed by atoms with E-state index in [4.69, 9.17) is 5.73 Å². The summed E-state index contributed by atoms with van der Waals surface area (Å²) < 4.78 is 13.8. The van der Waals surface area contributed by atoms with Gasteiger partial charge in [0.2, 0.25) is 0 Å². The Kier molecular flexibility index (Phi) is 3.79. The van der Waals surface area contributed by atoms with Crippen molar-refractivity contribution in [3.63, 3.8) is 0 Å². The number of hydrogen-bond donors (Lipinski definition) is 1. The number of rotatable bonds is 5. The van der Waals surface area contributed by atoms with E-state index in [1.165, 1.54) is 18.9 Å². The Morgan fingerprint density at radius 1 is 1.41 bits per heavy atom. The number of hydrogen-bond acceptors (Lipinski definition) is 2. The molecule has 1 aromatic rings. The smallest absolute Gasteiger partial charge is 0.128 e. The molecule has 3 heteroatoms. The lowest BCUT2D eigenvalue weighted by Crippen LogP contribution is -2.38. The Morgan fingerprint density at radius 2 is 2.06 bits per heavy atom. The molecular weight excluding hydrogens is 215 g/mol. The van der Waals surface area contributed by atoms with Crippen LogP contribution in [0.5, 0.6) is 0 Å². The van der Waals surface area contributed by atoms with Crippen molar-refractivity contribution in [2.45, 2.75) is 31.8 Å². The van der Waals surface area contributed by atoms with Gasteiger partial charge >= 0.3 is 0 Å². The van der Waals surface area contributed by atoms with E-state index in [1.807, 2.05) is 19.2 Å². The number of nitrogens with two attached hydrogens (primary N) is 1. The summed E-state index contributed by atoms with van der Waals surface area (Å²) in [5, 5.41) is 0. The molecule has 0 aliphatic heterocycles. The monoisotopic (exact) mass is 236 g/mol. The summed E-state index contributed by atoms with van der Waals surface area (Å²) in [6.07, 6.45) is 2.58. The highest BCUT2D eigenvalue weighted by atomic mass is 19.1. The second-order valence-corrected chi connectivity index (χ2v) is 5.02. The van der Waals surface area contributed by atoms with Gasteiger partial charge in [-0.15, -0.1) is 0 Å². The number of halogens is 1. The van der Waals surface area contributed by atoms with Gasteiger partial charge in [0.15, 0.2) is 0 Å². The molecule has 1 aromatic carbocycles. The van der Waals surface area contributed by atoms with Crippen molar-refractivity contribution in [2.24, 2.45) is 11.7 Å². The van der Waals surface area contributed by atoms with E-state index in [0.717, 1.165) is 5.92 Å². The van der Waals surface area contributed by atoms with Crippen LogP contribution in [0.1, 0.15) is 31.4 Å². The van der Waals surface area contributed by atoms with E-state index in [1.54, 1.807) is 6.07 Å². The third kappa shape index (κ3) is 2.67. The first-order valence-electron chi connectivity index (χ1n) is 6.31. The fourth-order valence-electron chi connectivity index (χ4n) is 2.45. The molecule has 1 aliphatic carbocycles. The Hall–Kier alpha value is -0.930. The van der Waals surface area contributed by atoms with Crippen molar-refractivity contribution < 1.29 is 4.39 Å². The lowest BCUT2D eigenvalue weighted by atomic mass is 10.0. The molecule has 1 fully saturated rings. The largest absolute Gasteiger partial charge is 0.329 e. The molecule has 0 amide bonds. The zero-order valence-corrected chi connectivity index (χ0v) is 10.6. The van der Waals surface area contributed by atoms with Crippen LogP contribution in [-0.2, 0) is 0 Å². The van der Waals surface area contributed by atoms with Gasteiger partial charge in [0.25, 0.3) is 0 Å². The maximum Gasteiger partial charge on any atom is 0.128 e. The summed E-state index contributed by atoms with van der Waals surface area (Å²) in [7, 11) is 2.05. The Labute approximate surface area is 103 Å². The zero-order valence-electron chi connectivity index (χ0n) is 10.6. The molecule has 2 N–H and O–H groups in total.